The molecule has 2 heterocycles. The predicted octanol–water partition coefficient (Wildman–Crippen LogP) is 1.44. The Morgan fingerprint density at radius 3 is 2.60 bits per heavy atom. The second-order valence-corrected chi connectivity index (χ2v) is 6.79. The maximum Gasteiger partial charge on any atom is 0.319 e. The fourth-order valence-corrected chi connectivity index (χ4v) is 3.61. The van der Waals surface area contributed by atoms with E-state index in [1.165, 1.54) is 17.5 Å². The first-order valence-electron chi connectivity index (χ1n) is 6.44. The number of imidazole rings is 1. The summed E-state index contributed by atoms with van der Waals surface area (Å²) in [4.78, 5) is 3.79. The Morgan fingerprint density at radius 2 is 2.00 bits per heavy atom. The average molecular weight is 308 g/mol. The van der Waals surface area contributed by atoms with Crippen LogP contribution < -0.4 is 0 Å². The molecule has 0 amide bonds. The Labute approximate surface area is 117 Å². The third-order valence-corrected chi connectivity index (χ3v) is 5.29. The number of aromatic nitrogens is 2. The summed E-state index contributed by atoms with van der Waals surface area (Å²) in [7, 11) is -2.23. The number of rotatable bonds is 5. The molecule has 0 bridgehead atoms. The molecule has 1 aromatic rings. The van der Waals surface area contributed by atoms with E-state index in [0.29, 0.717) is 17.7 Å². The predicted molar refractivity (Wildman–Crippen MR) is 69.3 cm³/mol. The van der Waals surface area contributed by atoms with Crippen molar-refractivity contribution in [1.82, 2.24) is 18.2 Å². The van der Waals surface area contributed by atoms with Crippen LogP contribution >= 0.6 is 0 Å². The standard InChI is InChI=1S/C11H18F2N4O2S/c1-15(9-10-14-5-8-17(10)11(12)13)20(18,19)16-6-3-2-4-7-16/h5,8,11H,2-4,6-7,9H2,1H3. The molecule has 9 heteroatoms. The molecule has 1 aromatic heterocycles. The van der Waals surface area contributed by atoms with E-state index < -0.39 is 16.8 Å². The summed E-state index contributed by atoms with van der Waals surface area (Å²) in [6.45, 7) is -1.93. The van der Waals surface area contributed by atoms with Gasteiger partial charge in [-0.2, -0.15) is 25.8 Å². The summed E-state index contributed by atoms with van der Waals surface area (Å²) in [5.41, 5.74) is 0. The molecule has 0 radical (unpaired) electrons. The molecule has 20 heavy (non-hydrogen) atoms. The molecule has 0 N–H and O–H groups in total. The number of nitrogens with zero attached hydrogens (tertiary/aromatic N) is 4. The molecule has 1 aliphatic heterocycles. The molecule has 1 fully saturated rings. The van der Waals surface area contributed by atoms with Crippen molar-refractivity contribution in [3.63, 3.8) is 0 Å². The average Bonchev–Trinajstić information content (AvgIpc) is 2.88. The van der Waals surface area contributed by atoms with Crippen LogP contribution in [0.1, 0.15) is 31.6 Å². The SMILES string of the molecule is CN(Cc1nccn1C(F)F)S(=O)(=O)N1CCCCC1. The molecule has 114 valence electrons. The van der Waals surface area contributed by atoms with E-state index in [2.05, 4.69) is 4.98 Å². The van der Waals surface area contributed by atoms with Crippen LogP contribution in [0.4, 0.5) is 8.78 Å². The number of piperidine rings is 1. The highest BCUT2D eigenvalue weighted by Crippen LogP contribution is 2.18. The quantitative estimate of drug-likeness (QED) is 0.827. The van der Waals surface area contributed by atoms with Gasteiger partial charge in [-0.15, -0.1) is 0 Å². The lowest BCUT2D eigenvalue weighted by atomic mass is 10.2. The Balaban J connectivity index is 2.10. The van der Waals surface area contributed by atoms with Gasteiger partial charge in [0.15, 0.2) is 0 Å². The van der Waals surface area contributed by atoms with Crippen molar-refractivity contribution in [3.8, 4) is 0 Å². The van der Waals surface area contributed by atoms with E-state index in [9.17, 15) is 17.2 Å². The molecule has 1 saturated heterocycles. The summed E-state index contributed by atoms with van der Waals surface area (Å²) in [5, 5.41) is 0. The smallest absolute Gasteiger partial charge is 0.277 e. The minimum Gasteiger partial charge on any atom is -0.277 e. The van der Waals surface area contributed by atoms with Gasteiger partial charge in [-0.25, -0.2) is 4.98 Å². The highest BCUT2D eigenvalue weighted by atomic mass is 32.2. The third-order valence-electron chi connectivity index (χ3n) is 3.36. The molecule has 1 aliphatic rings. The molecular weight excluding hydrogens is 290 g/mol. The number of halogens is 2. The number of alkyl halides is 2. The first-order chi connectivity index (χ1) is 9.43. The van der Waals surface area contributed by atoms with Gasteiger partial charge in [0.1, 0.15) is 5.82 Å². The lowest BCUT2D eigenvalue weighted by Crippen LogP contribution is -2.44. The van der Waals surface area contributed by atoms with Crippen molar-refractivity contribution in [2.24, 2.45) is 0 Å². The van der Waals surface area contributed by atoms with Crippen molar-refractivity contribution in [3.05, 3.63) is 18.2 Å². The second-order valence-electron chi connectivity index (χ2n) is 4.75. The zero-order valence-corrected chi connectivity index (χ0v) is 12.1. The van der Waals surface area contributed by atoms with Crippen LogP contribution in [0.2, 0.25) is 0 Å². The molecular formula is C11H18F2N4O2S. The zero-order chi connectivity index (χ0) is 14.8. The fraction of sp³-hybridized carbons (Fsp3) is 0.727. The lowest BCUT2D eigenvalue weighted by molar-refractivity contribution is 0.0657. The highest BCUT2D eigenvalue weighted by Gasteiger charge is 2.29. The minimum atomic E-state index is -3.61. The molecule has 0 saturated carbocycles. The van der Waals surface area contributed by atoms with Gasteiger partial charge in [0.2, 0.25) is 0 Å². The first-order valence-corrected chi connectivity index (χ1v) is 7.84. The maximum absolute atomic E-state index is 12.7. The van der Waals surface area contributed by atoms with Crippen LogP contribution in [-0.2, 0) is 16.8 Å². The largest absolute Gasteiger partial charge is 0.319 e. The molecule has 0 atom stereocenters. The van der Waals surface area contributed by atoms with Crippen molar-refractivity contribution in [2.45, 2.75) is 32.4 Å². The first kappa shape index (κ1) is 15.3. The van der Waals surface area contributed by atoms with Gasteiger partial charge in [0.05, 0.1) is 6.54 Å². The van der Waals surface area contributed by atoms with Gasteiger partial charge < -0.3 is 0 Å². The Kier molecular flexibility index (Phi) is 4.71. The summed E-state index contributed by atoms with van der Waals surface area (Å²) in [6.07, 6.45) is 5.06. The fourth-order valence-electron chi connectivity index (χ4n) is 2.22. The van der Waals surface area contributed by atoms with E-state index in [0.717, 1.165) is 29.8 Å². The van der Waals surface area contributed by atoms with Crippen LogP contribution in [0.25, 0.3) is 0 Å². The van der Waals surface area contributed by atoms with Gasteiger partial charge in [-0.3, -0.25) is 4.57 Å². The lowest BCUT2D eigenvalue weighted by Gasteiger charge is -2.30. The molecule has 0 aromatic carbocycles. The van der Waals surface area contributed by atoms with Crippen molar-refractivity contribution >= 4 is 10.2 Å². The molecule has 6 nitrogen and oxygen atoms in total. The van der Waals surface area contributed by atoms with Crippen LogP contribution in [0.5, 0.6) is 0 Å². The topological polar surface area (TPSA) is 58.4 Å². The van der Waals surface area contributed by atoms with Crippen molar-refractivity contribution < 1.29 is 17.2 Å². The van der Waals surface area contributed by atoms with E-state index >= 15 is 0 Å². The number of hydrogen-bond donors (Lipinski definition) is 0. The van der Waals surface area contributed by atoms with Gasteiger partial charge >= 0.3 is 6.55 Å². The third kappa shape index (κ3) is 3.15. The Morgan fingerprint density at radius 1 is 1.35 bits per heavy atom. The van der Waals surface area contributed by atoms with Crippen molar-refractivity contribution in [2.75, 3.05) is 20.1 Å². The normalized spacial score (nSPS) is 18.1. The Bertz CT molecular complexity index is 540. The monoisotopic (exact) mass is 308 g/mol. The van der Waals surface area contributed by atoms with Gasteiger partial charge in [-0.05, 0) is 12.8 Å². The van der Waals surface area contributed by atoms with Crippen LogP contribution in [0.3, 0.4) is 0 Å². The summed E-state index contributed by atoms with van der Waals surface area (Å²) < 4.78 is 53.2. The van der Waals surface area contributed by atoms with Crippen LogP contribution in [-0.4, -0.2) is 46.7 Å². The summed E-state index contributed by atoms with van der Waals surface area (Å²) >= 11 is 0. The maximum atomic E-state index is 12.7. The molecule has 0 aliphatic carbocycles. The second kappa shape index (κ2) is 6.15. The van der Waals surface area contributed by atoms with E-state index in [1.807, 2.05) is 0 Å². The van der Waals surface area contributed by atoms with Gasteiger partial charge in [0.25, 0.3) is 10.2 Å². The van der Waals surface area contributed by atoms with E-state index in [1.54, 1.807) is 0 Å². The van der Waals surface area contributed by atoms with Gasteiger partial charge in [0, 0.05) is 32.5 Å². The van der Waals surface area contributed by atoms with E-state index in [-0.39, 0.29) is 12.4 Å². The zero-order valence-electron chi connectivity index (χ0n) is 11.2. The minimum absolute atomic E-state index is 0.0306. The van der Waals surface area contributed by atoms with Gasteiger partial charge in [-0.1, -0.05) is 6.42 Å². The van der Waals surface area contributed by atoms with Crippen molar-refractivity contribution in [1.29, 1.82) is 0 Å². The summed E-state index contributed by atoms with van der Waals surface area (Å²) in [6, 6.07) is 0. The molecule has 0 spiro atoms. The van der Waals surface area contributed by atoms with E-state index in [4.69, 9.17) is 0 Å². The number of hydrogen-bond acceptors (Lipinski definition) is 3. The summed E-state index contributed by atoms with van der Waals surface area (Å²) in [5.74, 6) is 0.0306. The highest BCUT2D eigenvalue weighted by molar-refractivity contribution is 7.86. The van der Waals surface area contributed by atoms with Crippen LogP contribution in [0, 0.1) is 0 Å². The molecule has 2 rings (SSSR count). The molecule has 0 unspecified atom stereocenters. The van der Waals surface area contributed by atoms with Crippen LogP contribution in [0.15, 0.2) is 12.4 Å². The Hall–Kier alpha value is -1.06.